The van der Waals surface area contributed by atoms with Gasteiger partial charge in [-0.2, -0.15) is 0 Å². The van der Waals surface area contributed by atoms with Crippen LogP contribution < -0.4 is 0 Å². The van der Waals surface area contributed by atoms with Crippen molar-refractivity contribution in [3.8, 4) is 0 Å². The summed E-state index contributed by atoms with van der Waals surface area (Å²) in [5, 5.41) is 0. The van der Waals surface area contributed by atoms with Gasteiger partial charge in [-0.05, 0) is 39.7 Å². The minimum atomic E-state index is -0.273. The highest BCUT2D eigenvalue weighted by molar-refractivity contribution is 5.87. The van der Waals surface area contributed by atoms with E-state index in [9.17, 15) is 4.79 Å². The highest BCUT2D eigenvalue weighted by Crippen LogP contribution is 2.24. The van der Waals surface area contributed by atoms with Gasteiger partial charge in [-0.15, -0.1) is 0 Å². The van der Waals surface area contributed by atoms with Gasteiger partial charge < -0.3 is 4.74 Å². The number of carbonyl (C=O) groups excluding carboxylic acids is 1. The molecule has 0 aromatic heterocycles. The molecule has 0 aliphatic carbocycles. The van der Waals surface area contributed by atoms with E-state index in [4.69, 9.17) is 0 Å². The monoisotopic (exact) mass is 211 g/mol. The van der Waals surface area contributed by atoms with Gasteiger partial charge in [-0.1, -0.05) is 6.58 Å². The second-order valence-corrected chi connectivity index (χ2v) is 4.43. The zero-order valence-corrected chi connectivity index (χ0v) is 9.95. The third-order valence-electron chi connectivity index (χ3n) is 3.04. The predicted octanol–water partition coefficient (Wildman–Crippen LogP) is 1.98. The lowest BCUT2D eigenvalue weighted by Crippen LogP contribution is -2.36. The normalized spacial score (nSPS) is 22.0. The SMILES string of the molecule is C=C(CC1CCCN1C(C)C)C(=O)OC. The maximum Gasteiger partial charge on any atom is 0.333 e. The Morgan fingerprint density at radius 2 is 2.27 bits per heavy atom. The van der Waals surface area contributed by atoms with Gasteiger partial charge >= 0.3 is 5.97 Å². The Morgan fingerprint density at radius 1 is 1.60 bits per heavy atom. The van der Waals surface area contributed by atoms with E-state index in [1.54, 1.807) is 0 Å². The lowest BCUT2D eigenvalue weighted by molar-refractivity contribution is -0.136. The highest BCUT2D eigenvalue weighted by atomic mass is 16.5. The van der Waals surface area contributed by atoms with Crippen molar-refractivity contribution in [2.75, 3.05) is 13.7 Å². The number of esters is 1. The van der Waals surface area contributed by atoms with Gasteiger partial charge in [0.15, 0.2) is 0 Å². The van der Waals surface area contributed by atoms with Crippen LogP contribution in [0.15, 0.2) is 12.2 Å². The Hall–Kier alpha value is -0.830. The lowest BCUT2D eigenvalue weighted by atomic mass is 10.0. The molecule has 0 bridgehead atoms. The van der Waals surface area contributed by atoms with E-state index in [2.05, 4.69) is 30.1 Å². The van der Waals surface area contributed by atoms with E-state index in [1.165, 1.54) is 13.5 Å². The predicted molar refractivity (Wildman–Crippen MR) is 60.6 cm³/mol. The summed E-state index contributed by atoms with van der Waals surface area (Å²) in [5.41, 5.74) is 0.593. The van der Waals surface area contributed by atoms with Crippen molar-refractivity contribution >= 4 is 5.97 Å². The van der Waals surface area contributed by atoms with Gasteiger partial charge in [0.25, 0.3) is 0 Å². The molecule has 0 amide bonds. The summed E-state index contributed by atoms with van der Waals surface area (Å²) in [6.45, 7) is 9.30. The van der Waals surface area contributed by atoms with Gasteiger partial charge in [0, 0.05) is 17.7 Å². The smallest absolute Gasteiger partial charge is 0.333 e. The minimum Gasteiger partial charge on any atom is -0.466 e. The van der Waals surface area contributed by atoms with E-state index in [1.807, 2.05) is 0 Å². The van der Waals surface area contributed by atoms with Crippen molar-refractivity contribution in [1.82, 2.24) is 4.90 Å². The molecule has 0 aromatic carbocycles. The minimum absolute atomic E-state index is 0.273. The fraction of sp³-hybridized carbons (Fsp3) is 0.750. The Morgan fingerprint density at radius 3 is 2.80 bits per heavy atom. The van der Waals surface area contributed by atoms with Gasteiger partial charge in [-0.3, -0.25) is 4.90 Å². The molecule has 0 saturated carbocycles. The Kier molecular flexibility index (Phi) is 4.33. The topological polar surface area (TPSA) is 29.5 Å². The van der Waals surface area contributed by atoms with Gasteiger partial charge in [0.2, 0.25) is 0 Å². The van der Waals surface area contributed by atoms with Crippen LogP contribution in [0.5, 0.6) is 0 Å². The molecule has 1 unspecified atom stereocenters. The molecule has 1 heterocycles. The molecule has 86 valence electrons. The first kappa shape index (κ1) is 12.2. The summed E-state index contributed by atoms with van der Waals surface area (Å²) < 4.78 is 4.66. The second-order valence-electron chi connectivity index (χ2n) is 4.43. The van der Waals surface area contributed by atoms with E-state index in [-0.39, 0.29) is 5.97 Å². The number of rotatable bonds is 4. The summed E-state index contributed by atoms with van der Waals surface area (Å²) in [6.07, 6.45) is 3.12. The molecule has 3 heteroatoms. The van der Waals surface area contributed by atoms with Crippen LogP contribution in [0.3, 0.4) is 0 Å². The Labute approximate surface area is 92.1 Å². The fourth-order valence-electron chi connectivity index (χ4n) is 2.27. The first-order chi connectivity index (χ1) is 7.06. The molecule has 1 atom stereocenters. The van der Waals surface area contributed by atoms with Crippen molar-refractivity contribution < 1.29 is 9.53 Å². The largest absolute Gasteiger partial charge is 0.466 e. The Balaban J connectivity index is 2.50. The van der Waals surface area contributed by atoms with Crippen LogP contribution in [0.1, 0.15) is 33.1 Å². The summed E-state index contributed by atoms with van der Waals surface area (Å²) in [7, 11) is 1.41. The second kappa shape index (κ2) is 5.31. The van der Waals surface area contributed by atoms with E-state index < -0.39 is 0 Å². The molecule has 1 saturated heterocycles. The number of hydrogen-bond acceptors (Lipinski definition) is 3. The van der Waals surface area contributed by atoms with Gasteiger partial charge in [0.1, 0.15) is 0 Å². The molecule has 1 aliphatic heterocycles. The molecule has 3 nitrogen and oxygen atoms in total. The fourth-order valence-corrected chi connectivity index (χ4v) is 2.27. The molecule has 0 aromatic rings. The summed E-state index contributed by atoms with van der Waals surface area (Å²) in [4.78, 5) is 13.7. The molecule has 15 heavy (non-hydrogen) atoms. The standard InChI is InChI=1S/C12H21NO2/c1-9(2)13-7-5-6-11(13)8-10(3)12(14)15-4/h9,11H,3,5-8H2,1-2,4H3. The lowest BCUT2D eigenvalue weighted by Gasteiger charge is -2.28. The maximum absolute atomic E-state index is 11.2. The number of ether oxygens (including phenoxy) is 1. The van der Waals surface area contributed by atoms with Gasteiger partial charge in [-0.25, -0.2) is 4.79 Å². The molecule has 0 radical (unpaired) electrons. The van der Waals surface area contributed by atoms with Crippen molar-refractivity contribution in [3.63, 3.8) is 0 Å². The number of methoxy groups -OCH3 is 1. The average molecular weight is 211 g/mol. The molecular weight excluding hydrogens is 190 g/mol. The Bertz CT molecular complexity index is 248. The van der Waals surface area contributed by atoms with E-state index in [0.717, 1.165) is 19.4 Å². The first-order valence-corrected chi connectivity index (χ1v) is 5.58. The molecule has 1 aliphatic rings. The van der Waals surface area contributed by atoms with Crippen molar-refractivity contribution in [2.24, 2.45) is 0 Å². The summed E-state index contributed by atoms with van der Waals surface area (Å²) in [5.74, 6) is -0.273. The third kappa shape index (κ3) is 3.06. The van der Waals surface area contributed by atoms with Crippen LogP contribution in [0.25, 0.3) is 0 Å². The number of nitrogens with zero attached hydrogens (tertiary/aromatic N) is 1. The zero-order valence-electron chi connectivity index (χ0n) is 9.95. The van der Waals surface area contributed by atoms with Crippen molar-refractivity contribution in [3.05, 3.63) is 12.2 Å². The van der Waals surface area contributed by atoms with Crippen LogP contribution >= 0.6 is 0 Å². The van der Waals surface area contributed by atoms with Crippen LogP contribution in [0.4, 0.5) is 0 Å². The third-order valence-corrected chi connectivity index (χ3v) is 3.04. The first-order valence-electron chi connectivity index (χ1n) is 5.58. The number of likely N-dealkylation sites (tertiary alicyclic amines) is 1. The number of carbonyl (C=O) groups is 1. The summed E-state index contributed by atoms with van der Waals surface area (Å²) >= 11 is 0. The average Bonchev–Trinajstić information content (AvgIpc) is 2.64. The molecule has 0 spiro atoms. The molecule has 1 rings (SSSR count). The molecular formula is C12H21NO2. The number of hydrogen-bond donors (Lipinski definition) is 0. The van der Waals surface area contributed by atoms with Crippen LogP contribution in [0, 0.1) is 0 Å². The van der Waals surface area contributed by atoms with E-state index >= 15 is 0 Å². The van der Waals surface area contributed by atoms with Gasteiger partial charge in [0.05, 0.1) is 7.11 Å². The van der Waals surface area contributed by atoms with Crippen LogP contribution in [-0.4, -0.2) is 36.6 Å². The van der Waals surface area contributed by atoms with E-state index in [0.29, 0.717) is 17.7 Å². The summed E-state index contributed by atoms with van der Waals surface area (Å²) in [6, 6.07) is 1.01. The van der Waals surface area contributed by atoms with Crippen LogP contribution in [-0.2, 0) is 9.53 Å². The molecule has 0 N–H and O–H groups in total. The quantitative estimate of drug-likeness (QED) is 0.526. The maximum atomic E-state index is 11.2. The highest BCUT2D eigenvalue weighted by Gasteiger charge is 2.28. The van der Waals surface area contributed by atoms with Crippen LogP contribution in [0.2, 0.25) is 0 Å². The molecule has 1 fully saturated rings. The zero-order chi connectivity index (χ0) is 11.4. The van der Waals surface area contributed by atoms with Crippen molar-refractivity contribution in [1.29, 1.82) is 0 Å². The van der Waals surface area contributed by atoms with Crippen molar-refractivity contribution in [2.45, 2.75) is 45.2 Å².